The summed E-state index contributed by atoms with van der Waals surface area (Å²) in [5.74, 6) is 0. The Bertz CT molecular complexity index is 33.9. The van der Waals surface area contributed by atoms with Gasteiger partial charge in [-0.05, 0) is 3.92 Å². The molecule has 0 aliphatic carbocycles. The zero-order valence-corrected chi connectivity index (χ0v) is 5.23. The molecule has 0 radical (unpaired) electrons. The molecule has 0 aromatic rings. The van der Waals surface area contributed by atoms with Crippen LogP contribution < -0.4 is 0 Å². The Kier molecular flexibility index (Phi) is 1.19. The van der Waals surface area contributed by atoms with Crippen molar-refractivity contribution in [2.45, 2.75) is 16.6 Å². The molecule has 1 fully saturated rings. The molecule has 28 valence electrons. The summed E-state index contributed by atoms with van der Waals surface area (Å²) in [6, 6.07) is 0. The van der Waals surface area contributed by atoms with E-state index in [1.54, 1.807) is 0 Å². The lowest BCUT2D eigenvalue weighted by atomic mass is 9.57. The molecule has 0 unspecified atom stereocenters. The van der Waals surface area contributed by atoms with Crippen molar-refractivity contribution >= 4 is 29.9 Å². The smallest absolute Gasteiger partial charge is 0.0841 e. The molecule has 5 heavy (non-hydrogen) atoms. The molecule has 1 rings (SSSR count). The molecule has 0 bridgehead atoms. The van der Waals surface area contributed by atoms with Gasteiger partial charge in [0.15, 0.2) is 0 Å². The molecule has 0 amide bonds. The second-order valence-corrected chi connectivity index (χ2v) is 3.29. The molecule has 0 aromatic heterocycles. The molecule has 1 aliphatic rings. The summed E-state index contributed by atoms with van der Waals surface area (Å²) in [5.41, 5.74) is 0. The highest BCUT2D eigenvalue weighted by Crippen LogP contribution is 2.20. The summed E-state index contributed by atoms with van der Waals surface area (Å²) in [6.07, 6.45) is 2.95. The standard InChI is InChI=1S/C3H6BI/c5-3-1-4-2-3/h3-4H,1-2H2. The Balaban J connectivity index is 2.08. The van der Waals surface area contributed by atoms with Gasteiger partial charge in [-0.15, -0.1) is 0 Å². The fourth-order valence-corrected chi connectivity index (χ4v) is 1.24. The van der Waals surface area contributed by atoms with Crippen LogP contribution in [-0.4, -0.2) is 11.2 Å². The maximum Gasteiger partial charge on any atom is 0.123 e. The largest absolute Gasteiger partial charge is 0.123 e. The lowest BCUT2D eigenvalue weighted by Gasteiger charge is -2.15. The first-order valence-corrected chi connectivity index (χ1v) is 3.28. The molecular weight excluding hydrogens is 174 g/mol. The van der Waals surface area contributed by atoms with E-state index in [0.29, 0.717) is 0 Å². The molecule has 0 aromatic carbocycles. The van der Waals surface area contributed by atoms with Crippen LogP contribution in [0.15, 0.2) is 0 Å². The van der Waals surface area contributed by atoms with Gasteiger partial charge in [-0.25, -0.2) is 0 Å². The fraction of sp³-hybridized carbons (Fsp3) is 1.00. The number of rotatable bonds is 0. The summed E-state index contributed by atoms with van der Waals surface area (Å²) in [7, 11) is 1.48. The second kappa shape index (κ2) is 1.50. The predicted molar refractivity (Wildman–Crippen MR) is 34.6 cm³/mol. The summed E-state index contributed by atoms with van der Waals surface area (Å²) in [4.78, 5) is 0. The van der Waals surface area contributed by atoms with E-state index >= 15 is 0 Å². The van der Waals surface area contributed by atoms with Gasteiger partial charge in [-0.1, -0.05) is 35.2 Å². The van der Waals surface area contributed by atoms with E-state index in [0.717, 1.165) is 3.92 Å². The summed E-state index contributed by atoms with van der Waals surface area (Å²) in [5, 5.41) is 0. The van der Waals surface area contributed by atoms with Crippen molar-refractivity contribution in [3.05, 3.63) is 0 Å². The molecule has 0 spiro atoms. The van der Waals surface area contributed by atoms with E-state index in [1.807, 2.05) is 0 Å². The Hall–Kier alpha value is 0.795. The van der Waals surface area contributed by atoms with Crippen LogP contribution in [0.3, 0.4) is 0 Å². The average molecular weight is 180 g/mol. The highest BCUT2D eigenvalue weighted by atomic mass is 127. The van der Waals surface area contributed by atoms with Crippen molar-refractivity contribution in [2.24, 2.45) is 0 Å². The Morgan fingerprint density at radius 1 is 1.60 bits per heavy atom. The van der Waals surface area contributed by atoms with Crippen molar-refractivity contribution in [2.75, 3.05) is 0 Å². The number of halogens is 1. The number of hydrogen-bond donors (Lipinski definition) is 0. The Morgan fingerprint density at radius 3 is 2.00 bits per heavy atom. The third-order valence-corrected chi connectivity index (χ3v) is 2.28. The molecular formula is C3H6BI. The molecule has 0 nitrogen and oxygen atoms in total. The van der Waals surface area contributed by atoms with Gasteiger partial charge >= 0.3 is 0 Å². The first-order valence-electron chi connectivity index (χ1n) is 2.03. The van der Waals surface area contributed by atoms with E-state index in [1.165, 1.54) is 19.9 Å². The minimum absolute atomic E-state index is 1.03. The lowest BCUT2D eigenvalue weighted by molar-refractivity contribution is 1.04. The quantitative estimate of drug-likeness (QED) is 0.297. The maximum absolute atomic E-state index is 2.49. The summed E-state index contributed by atoms with van der Waals surface area (Å²) >= 11 is 2.49. The van der Waals surface area contributed by atoms with Gasteiger partial charge in [0.25, 0.3) is 0 Å². The van der Waals surface area contributed by atoms with Crippen LogP contribution >= 0.6 is 22.6 Å². The molecule has 1 heterocycles. The van der Waals surface area contributed by atoms with Crippen LogP contribution in [0.2, 0.25) is 12.6 Å². The van der Waals surface area contributed by atoms with Crippen molar-refractivity contribution in [1.29, 1.82) is 0 Å². The Morgan fingerprint density at radius 2 is 2.00 bits per heavy atom. The normalized spacial score (nSPS) is 24.2. The van der Waals surface area contributed by atoms with Crippen LogP contribution in [0, 0.1) is 0 Å². The van der Waals surface area contributed by atoms with Gasteiger partial charge < -0.3 is 0 Å². The van der Waals surface area contributed by atoms with E-state index in [2.05, 4.69) is 22.6 Å². The third kappa shape index (κ3) is 0.811. The van der Waals surface area contributed by atoms with E-state index in [-0.39, 0.29) is 0 Å². The third-order valence-electron chi connectivity index (χ3n) is 1.03. The zero-order valence-electron chi connectivity index (χ0n) is 3.08. The van der Waals surface area contributed by atoms with Crippen molar-refractivity contribution < 1.29 is 0 Å². The summed E-state index contributed by atoms with van der Waals surface area (Å²) < 4.78 is 1.03. The van der Waals surface area contributed by atoms with Crippen LogP contribution in [0.1, 0.15) is 0 Å². The van der Waals surface area contributed by atoms with Crippen LogP contribution in [0.4, 0.5) is 0 Å². The minimum Gasteiger partial charge on any atom is -0.0841 e. The average Bonchev–Trinajstić information content (AvgIpc) is 1.30. The van der Waals surface area contributed by atoms with Gasteiger partial charge in [-0.3, -0.25) is 0 Å². The first-order chi connectivity index (χ1) is 2.39. The van der Waals surface area contributed by atoms with Gasteiger partial charge in [0, 0.05) is 0 Å². The van der Waals surface area contributed by atoms with E-state index in [4.69, 9.17) is 0 Å². The molecule has 2 heteroatoms. The Labute approximate surface area is 46.7 Å². The predicted octanol–water partition coefficient (Wildman–Crippen LogP) is 1.08. The molecule has 0 atom stereocenters. The minimum atomic E-state index is 1.03. The van der Waals surface area contributed by atoms with E-state index in [9.17, 15) is 0 Å². The molecule has 1 saturated heterocycles. The van der Waals surface area contributed by atoms with Gasteiger partial charge in [0.1, 0.15) is 7.28 Å². The highest BCUT2D eigenvalue weighted by Gasteiger charge is 2.13. The number of alkyl halides is 1. The fourth-order valence-electron chi connectivity index (χ4n) is 0.358. The molecule has 0 N–H and O–H groups in total. The van der Waals surface area contributed by atoms with Gasteiger partial charge in [0.05, 0.1) is 0 Å². The van der Waals surface area contributed by atoms with Crippen molar-refractivity contribution in [1.82, 2.24) is 0 Å². The maximum atomic E-state index is 2.49. The summed E-state index contributed by atoms with van der Waals surface area (Å²) in [6.45, 7) is 0. The highest BCUT2D eigenvalue weighted by molar-refractivity contribution is 14.1. The van der Waals surface area contributed by atoms with Crippen molar-refractivity contribution in [3.63, 3.8) is 0 Å². The first kappa shape index (κ1) is 3.97. The zero-order chi connectivity index (χ0) is 3.70. The van der Waals surface area contributed by atoms with Crippen LogP contribution in [0.25, 0.3) is 0 Å². The molecule has 1 aliphatic heterocycles. The SMILES string of the molecule is IC1CBC1. The van der Waals surface area contributed by atoms with Crippen LogP contribution in [-0.2, 0) is 0 Å². The monoisotopic (exact) mass is 180 g/mol. The van der Waals surface area contributed by atoms with Crippen LogP contribution in [0.5, 0.6) is 0 Å². The van der Waals surface area contributed by atoms with Crippen molar-refractivity contribution in [3.8, 4) is 0 Å². The topological polar surface area (TPSA) is 0 Å². The molecule has 0 saturated carbocycles. The number of hydrogen-bond acceptors (Lipinski definition) is 0. The second-order valence-electron chi connectivity index (χ2n) is 1.53. The van der Waals surface area contributed by atoms with Gasteiger partial charge in [-0.2, -0.15) is 0 Å². The lowest BCUT2D eigenvalue weighted by Crippen LogP contribution is -2.15. The van der Waals surface area contributed by atoms with E-state index < -0.39 is 0 Å². The van der Waals surface area contributed by atoms with Gasteiger partial charge in [0.2, 0.25) is 0 Å².